The summed E-state index contributed by atoms with van der Waals surface area (Å²) in [6.07, 6.45) is 1.09. The normalized spacial score (nSPS) is 21.6. The summed E-state index contributed by atoms with van der Waals surface area (Å²) in [4.78, 5) is 0. The number of halogens is 1. The van der Waals surface area contributed by atoms with Crippen LogP contribution in [0.15, 0.2) is 18.2 Å². The first-order valence-electron chi connectivity index (χ1n) is 6.90. The molecule has 0 aliphatic carbocycles. The zero-order chi connectivity index (χ0) is 13.9. The molecule has 4 heteroatoms. The van der Waals surface area contributed by atoms with E-state index in [1.54, 1.807) is 12.1 Å². The quantitative estimate of drug-likeness (QED) is 0.859. The van der Waals surface area contributed by atoms with Crippen LogP contribution in [0.3, 0.4) is 0 Å². The summed E-state index contributed by atoms with van der Waals surface area (Å²) in [5.74, 6) is 0.0425. The summed E-state index contributed by atoms with van der Waals surface area (Å²) in [5, 5.41) is 6.93. The average Bonchev–Trinajstić information content (AvgIpc) is 2.70. The molecule has 19 heavy (non-hydrogen) atoms. The third-order valence-corrected chi connectivity index (χ3v) is 3.47. The maximum atomic E-state index is 13.7. The van der Waals surface area contributed by atoms with E-state index < -0.39 is 0 Å². The van der Waals surface area contributed by atoms with Gasteiger partial charge in [0, 0.05) is 24.7 Å². The van der Waals surface area contributed by atoms with Crippen LogP contribution < -0.4 is 15.4 Å². The van der Waals surface area contributed by atoms with Crippen molar-refractivity contribution in [3.8, 4) is 5.75 Å². The lowest BCUT2D eigenvalue weighted by molar-refractivity contribution is 0.321. The van der Waals surface area contributed by atoms with E-state index in [1.807, 2.05) is 13.0 Å². The summed E-state index contributed by atoms with van der Waals surface area (Å²) in [7, 11) is 0. The first-order chi connectivity index (χ1) is 9.00. The second-order valence-corrected chi connectivity index (χ2v) is 5.74. The Morgan fingerprint density at radius 3 is 2.84 bits per heavy atom. The summed E-state index contributed by atoms with van der Waals surface area (Å²) in [6.45, 7) is 8.38. The van der Waals surface area contributed by atoms with Gasteiger partial charge in [0.25, 0.3) is 0 Å². The van der Waals surface area contributed by atoms with Gasteiger partial charge in [0.05, 0.1) is 6.61 Å². The zero-order valence-electron chi connectivity index (χ0n) is 11.9. The predicted octanol–water partition coefficient (Wildman–Crippen LogP) is 2.45. The highest BCUT2D eigenvalue weighted by Crippen LogP contribution is 2.20. The number of hydrogen-bond donors (Lipinski definition) is 2. The monoisotopic (exact) mass is 266 g/mol. The third kappa shape index (κ3) is 3.91. The Labute approximate surface area is 114 Å². The molecule has 1 heterocycles. The van der Waals surface area contributed by atoms with E-state index in [1.165, 1.54) is 0 Å². The molecule has 0 amide bonds. The molecule has 1 aliphatic heterocycles. The fraction of sp³-hybridized carbons (Fsp3) is 0.600. The molecule has 1 fully saturated rings. The molecule has 0 bridgehead atoms. The van der Waals surface area contributed by atoms with E-state index in [0.29, 0.717) is 24.9 Å². The molecule has 0 radical (unpaired) electrons. The first-order valence-corrected chi connectivity index (χ1v) is 6.90. The van der Waals surface area contributed by atoms with Gasteiger partial charge in [-0.2, -0.15) is 0 Å². The Kier molecular flexibility index (Phi) is 4.42. The van der Waals surface area contributed by atoms with E-state index in [9.17, 15) is 4.39 Å². The van der Waals surface area contributed by atoms with E-state index in [2.05, 4.69) is 24.5 Å². The molecule has 3 nitrogen and oxygen atoms in total. The summed E-state index contributed by atoms with van der Waals surface area (Å²) in [6, 6.07) is 5.61. The number of benzene rings is 1. The Morgan fingerprint density at radius 2 is 2.26 bits per heavy atom. The highest BCUT2D eigenvalue weighted by Gasteiger charge is 2.29. The van der Waals surface area contributed by atoms with Crippen LogP contribution >= 0.6 is 0 Å². The van der Waals surface area contributed by atoms with Crippen LogP contribution in [-0.2, 0) is 6.54 Å². The molecular formula is C15H23FN2O. The molecule has 106 valence electrons. The molecule has 1 unspecified atom stereocenters. The molecule has 1 aromatic rings. The standard InChI is InChI=1S/C15H23FN2O/c1-4-19-14-6-5-11(7-13(14)16)9-17-12-8-15(2,3)18-10-12/h5-7,12,17-18H,4,8-10H2,1-3H3. The molecule has 0 spiro atoms. The van der Waals surface area contributed by atoms with Crippen molar-refractivity contribution < 1.29 is 9.13 Å². The maximum Gasteiger partial charge on any atom is 0.165 e. The van der Waals surface area contributed by atoms with Crippen molar-refractivity contribution in [1.29, 1.82) is 0 Å². The van der Waals surface area contributed by atoms with Gasteiger partial charge in [0.15, 0.2) is 11.6 Å². The van der Waals surface area contributed by atoms with E-state index in [0.717, 1.165) is 18.5 Å². The molecule has 1 saturated heterocycles. The molecular weight excluding hydrogens is 243 g/mol. The lowest BCUT2D eigenvalue weighted by atomic mass is 10.0. The average molecular weight is 266 g/mol. The molecule has 1 aliphatic rings. The largest absolute Gasteiger partial charge is 0.491 e. The van der Waals surface area contributed by atoms with E-state index in [-0.39, 0.29) is 11.4 Å². The van der Waals surface area contributed by atoms with Gasteiger partial charge in [0.2, 0.25) is 0 Å². The van der Waals surface area contributed by atoms with Gasteiger partial charge in [-0.25, -0.2) is 4.39 Å². The number of rotatable bonds is 5. The highest BCUT2D eigenvalue weighted by atomic mass is 19.1. The third-order valence-electron chi connectivity index (χ3n) is 3.47. The van der Waals surface area contributed by atoms with Crippen LogP contribution in [0.2, 0.25) is 0 Å². The fourth-order valence-electron chi connectivity index (χ4n) is 2.49. The van der Waals surface area contributed by atoms with Crippen molar-refractivity contribution in [3.63, 3.8) is 0 Å². The van der Waals surface area contributed by atoms with Gasteiger partial charge in [-0.1, -0.05) is 6.07 Å². The fourth-order valence-corrected chi connectivity index (χ4v) is 2.49. The van der Waals surface area contributed by atoms with Crippen molar-refractivity contribution in [1.82, 2.24) is 10.6 Å². The van der Waals surface area contributed by atoms with Gasteiger partial charge in [-0.15, -0.1) is 0 Å². The van der Waals surface area contributed by atoms with Crippen LogP contribution in [0.25, 0.3) is 0 Å². The van der Waals surface area contributed by atoms with Gasteiger partial charge in [0.1, 0.15) is 0 Å². The molecule has 0 saturated carbocycles. The summed E-state index contributed by atoms with van der Waals surface area (Å²) in [5.41, 5.74) is 1.15. The minimum Gasteiger partial charge on any atom is -0.491 e. The number of nitrogens with one attached hydrogen (secondary N) is 2. The number of ether oxygens (including phenoxy) is 1. The van der Waals surface area contributed by atoms with Gasteiger partial charge >= 0.3 is 0 Å². The van der Waals surface area contributed by atoms with Gasteiger partial charge < -0.3 is 15.4 Å². The minimum atomic E-state index is -0.286. The topological polar surface area (TPSA) is 33.3 Å². The van der Waals surface area contributed by atoms with Gasteiger partial charge in [-0.05, 0) is 44.9 Å². The second kappa shape index (κ2) is 5.88. The lowest BCUT2D eigenvalue weighted by Crippen LogP contribution is -2.31. The van der Waals surface area contributed by atoms with Crippen molar-refractivity contribution >= 4 is 0 Å². The van der Waals surface area contributed by atoms with Crippen LogP contribution in [-0.4, -0.2) is 24.7 Å². The SMILES string of the molecule is CCOc1ccc(CNC2CNC(C)(C)C2)cc1F. The zero-order valence-corrected chi connectivity index (χ0v) is 11.9. The van der Waals surface area contributed by atoms with Crippen molar-refractivity contribution in [2.75, 3.05) is 13.2 Å². The molecule has 1 atom stereocenters. The van der Waals surface area contributed by atoms with Crippen molar-refractivity contribution in [3.05, 3.63) is 29.6 Å². The highest BCUT2D eigenvalue weighted by molar-refractivity contribution is 5.29. The minimum absolute atomic E-state index is 0.196. The van der Waals surface area contributed by atoms with Gasteiger partial charge in [-0.3, -0.25) is 0 Å². The molecule has 0 aromatic heterocycles. The lowest BCUT2D eigenvalue weighted by Gasteiger charge is -2.17. The van der Waals surface area contributed by atoms with E-state index in [4.69, 9.17) is 4.74 Å². The Morgan fingerprint density at radius 1 is 1.47 bits per heavy atom. The summed E-state index contributed by atoms with van der Waals surface area (Å²) >= 11 is 0. The van der Waals surface area contributed by atoms with Crippen LogP contribution in [0.5, 0.6) is 5.75 Å². The predicted molar refractivity (Wildman–Crippen MR) is 74.9 cm³/mol. The molecule has 2 N–H and O–H groups in total. The molecule has 1 aromatic carbocycles. The van der Waals surface area contributed by atoms with Crippen molar-refractivity contribution in [2.45, 2.75) is 45.3 Å². The van der Waals surface area contributed by atoms with Crippen molar-refractivity contribution in [2.24, 2.45) is 0 Å². The first kappa shape index (κ1) is 14.3. The maximum absolute atomic E-state index is 13.7. The smallest absolute Gasteiger partial charge is 0.165 e. The Hall–Kier alpha value is -1.13. The summed E-state index contributed by atoms with van der Waals surface area (Å²) < 4.78 is 18.9. The Bertz CT molecular complexity index is 434. The van der Waals surface area contributed by atoms with Crippen LogP contribution in [0.4, 0.5) is 4.39 Å². The van der Waals surface area contributed by atoms with Crippen LogP contribution in [0.1, 0.15) is 32.8 Å². The van der Waals surface area contributed by atoms with Crippen LogP contribution in [0, 0.1) is 5.82 Å². The molecule has 2 rings (SSSR count). The Balaban J connectivity index is 1.88. The second-order valence-electron chi connectivity index (χ2n) is 5.74. The van der Waals surface area contributed by atoms with E-state index >= 15 is 0 Å². The number of hydrogen-bond acceptors (Lipinski definition) is 3.